The maximum Gasteiger partial charge on any atom is 0.309 e. The molecule has 0 aliphatic carbocycles. The number of carbonyl (C=O) groups is 1. The highest BCUT2D eigenvalue weighted by Gasteiger charge is 2.43. The van der Waals surface area contributed by atoms with Crippen LogP contribution in [0.25, 0.3) is 0 Å². The fraction of sp³-hybridized carbons (Fsp3) is 0.562. The summed E-state index contributed by atoms with van der Waals surface area (Å²) in [5.74, 6) is 0.929. The Morgan fingerprint density at radius 3 is 2.73 bits per heavy atom. The van der Waals surface area contributed by atoms with Gasteiger partial charge in [-0.15, -0.1) is 11.6 Å². The van der Waals surface area contributed by atoms with Crippen LogP contribution in [0, 0.1) is 0 Å². The number of benzene rings is 1. The zero-order valence-corrected chi connectivity index (χ0v) is 13.9. The molecular formula is C16H21ClO5. The summed E-state index contributed by atoms with van der Waals surface area (Å²) < 4.78 is 21.9. The van der Waals surface area contributed by atoms with E-state index in [0.29, 0.717) is 24.7 Å². The quantitative estimate of drug-likeness (QED) is 0.593. The lowest BCUT2D eigenvalue weighted by molar-refractivity contribution is -0.152. The molecule has 1 atom stereocenters. The minimum Gasteiger partial charge on any atom is -0.493 e. The third kappa shape index (κ3) is 3.01. The number of fused-ring (bicyclic) bond motifs is 1. The first-order valence-electron chi connectivity index (χ1n) is 7.21. The van der Waals surface area contributed by atoms with Gasteiger partial charge in [-0.05, 0) is 25.0 Å². The number of halogens is 1. The standard InChI is InChI=1S/C16H21ClO5/c1-4-21-13(18)9-16(10-17)14-11(7-8-22-16)5-6-12(19-2)15(14)20-3/h5-6H,4,7-10H2,1-3H3. The van der Waals surface area contributed by atoms with Crippen molar-refractivity contribution in [1.29, 1.82) is 0 Å². The van der Waals surface area contributed by atoms with Gasteiger partial charge in [0.15, 0.2) is 11.5 Å². The fourth-order valence-corrected chi connectivity index (χ4v) is 3.15. The second-order valence-corrected chi connectivity index (χ2v) is 5.31. The number of hydrogen-bond acceptors (Lipinski definition) is 5. The molecule has 2 rings (SSSR count). The number of ether oxygens (including phenoxy) is 4. The molecule has 1 unspecified atom stereocenters. The monoisotopic (exact) mass is 328 g/mol. The van der Waals surface area contributed by atoms with Crippen LogP contribution >= 0.6 is 11.6 Å². The predicted octanol–water partition coefficient (Wildman–Crippen LogP) is 2.66. The zero-order valence-electron chi connectivity index (χ0n) is 13.1. The highest BCUT2D eigenvalue weighted by Crippen LogP contribution is 2.46. The highest BCUT2D eigenvalue weighted by molar-refractivity contribution is 6.18. The van der Waals surface area contributed by atoms with Gasteiger partial charge in [-0.2, -0.15) is 0 Å². The first-order chi connectivity index (χ1) is 10.6. The molecule has 6 heteroatoms. The maximum absolute atomic E-state index is 12.0. The molecule has 0 radical (unpaired) electrons. The lowest BCUT2D eigenvalue weighted by Crippen LogP contribution is -2.40. The summed E-state index contributed by atoms with van der Waals surface area (Å²) in [7, 11) is 3.14. The second kappa shape index (κ2) is 7.20. The first kappa shape index (κ1) is 16.9. The van der Waals surface area contributed by atoms with Crippen molar-refractivity contribution in [1.82, 2.24) is 0 Å². The molecule has 0 amide bonds. The number of rotatable bonds is 6. The maximum atomic E-state index is 12.0. The fourth-order valence-electron chi connectivity index (χ4n) is 2.84. The molecule has 0 saturated carbocycles. The molecule has 0 spiro atoms. The molecule has 1 aromatic rings. The van der Waals surface area contributed by atoms with Gasteiger partial charge in [0.1, 0.15) is 5.60 Å². The summed E-state index contributed by atoms with van der Waals surface area (Å²) in [4.78, 5) is 12.0. The Bertz CT molecular complexity index is 546. The van der Waals surface area contributed by atoms with Crippen molar-refractivity contribution >= 4 is 17.6 Å². The Kier molecular flexibility index (Phi) is 5.53. The summed E-state index contributed by atoms with van der Waals surface area (Å²) >= 11 is 6.20. The van der Waals surface area contributed by atoms with Crippen LogP contribution in [0.15, 0.2) is 12.1 Å². The number of esters is 1. The Morgan fingerprint density at radius 1 is 1.36 bits per heavy atom. The topological polar surface area (TPSA) is 54.0 Å². The van der Waals surface area contributed by atoms with E-state index in [0.717, 1.165) is 17.5 Å². The van der Waals surface area contributed by atoms with Crippen LogP contribution in [0.4, 0.5) is 0 Å². The molecule has 0 saturated heterocycles. The van der Waals surface area contributed by atoms with Gasteiger partial charge in [0, 0.05) is 5.56 Å². The van der Waals surface area contributed by atoms with Crippen molar-refractivity contribution < 1.29 is 23.7 Å². The van der Waals surface area contributed by atoms with E-state index in [1.54, 1.807) is 21.1 Å². The average molecular weight is 329 g/mol. The molecule has 22 heavy (non-hydrogen) atoms. The largest absolute Gasteiger partial charge is 0.493 e. The summed E-state index contributed by atoms with van der Waals surface area (Å²) in [6.07, 6.45) is 0.776. The Morgan fingerprint density at radius 2 is 2.14 bits per heavy atom. The van der Waals surface area contributed by atoms with Crippen LogP contribution in [-0.4, -0.2) is 39.3 Å². The lowest BCUT2D eigenvalue weighted by atomic mass is 9.84. The van der Waals surface area contributed by atoms with Gasteiger partial charge in [-0.25, -0.2) is 0 Å². The van der Waals surface area contributed by atoms with E-state index in [-0.39, 0.29) is 18.3 Å². The van der Waals surface area contributed by atoms with Crippen molar-refractivity contribution in [2.45, 2.75) is 25.4 Å². The van der Waals surface area contributed by atoms with Gasteiger partial charge in [0.05, 0.1) is 39.7 Å². The van der Waals surface area contributed by atoms with Crippen LogP contribution in [-0.2, 0) is 26.3 Å². The normalized spacial score (nSPS) is 20.2. The van der Waals surface area contributed by atoms with E-state index >= 15 is 0 Å². The number of alkyl halides is 1. The van der Waals surface area contributed by atoms with Crippen LogP contribution in [0.2, 0.25) is 0 Å². The van der Waals surface area contributed by atoms with Crippen molar-refractivity contribution in [2.75, 3.05) is 33.3 Å². The van der Waals surface area contributed by atoms with Crippen LogP contribution in [0.1, 0.15) is 24.5 Å². The van der Waals surface area contributed by atoms with Crippen LogP contribution in [0.5, 0.6) is 11.5 Å². The zero-order chi connectivity index (χ0) is 16.2. The molecule has 1 heterocycles. The Balaban J connectivity index is 2.54. The van der Waals surface area contributed by atoms with E-state index < -0.39 is 5.60 Å². The van der Waals surface area contributed by atoms with E-state index in [1.165, 1.54) is 0 Å². The molecule has 0 N–H and O–H groups in total. The minimum atomic E-state index is -0.957. The van der Waals surface area contributed by atoms with E-state index in [9.17, 15) is 4.79 Å². The second-order valence-electron chi connectivity index (χ2n) is 5.04. The molecule has 122 valence electrons. The smallest absolute Gasteiger partial charge is 0.309 e. The van der Waals surface area contributed by atoms with Crippen molar-refractivity contribution in [3.05, 3.63) is 23.3 Å². The third-order valence-electron chi connectivity index (χ3n) is 3.79. The van der Waals surface area contributed by atoms with E-state index in [1.807, 2.05) is 12.1 Å². The first-order valence-corrected chi connectivity index (χ1v) is 7.75. The summed E-state index contributed by atoms with van der Waals surface area (Å²) in [5.41, 5.74) is 0.874. The summed E-state index contributed by atoms with van der Waals surface area (Å²) in [5, 5.41) is 0. The average Bonchev–Trinajstić information content (AvgIpc) is 2.54. The molecular weight excluding hydrogens is 308 g/mol. The number of hydrogen-bond donors (Lipinski definition) is 0. The molecule has 5 nitrogen and oxygen atoms in total. The van der Waals surface area contributed by atoms with Gasteiger partial charge in [-0.1, -0.05) is 6.07 Å². The Hall–Kier alpha value is -1.46. The minimum absolute atomic E-state index is 0.0425. The molecule has 1 aliphatic heterocycles. The number of methoxy groups -OCH3 is 2. The lowest BCUT2D eigenvalue weighted by Gasteiger charge is -2.38. The van der Waals surface area contributed by atoms with Gasteiger partial charge in [-0.3, -0.25) is 4.79 Å². The van der Waals surface area contributed by atoms with Crippen LogP contribution < -0.4 is 9.47 Å². The molecule has 0 aromatic heterocycles. The van der Waals surface area contributed by atoms with Crippen molar-refractivity contribution in [3.8, 4) is 11.5 Å². The summed E-state index contributed by atoms with van der Waals surface area (Å²) in [6, 6.07) is 3.82. The Labute approximate surface area is 135 Å². The van der Waals surface area contributed by atoms with Gasteiger partial charge >= 0.3 is 5.97 Å². The molecule has 1 aromatic carbocycles. The molecule has 0 bridgehead atoms. The number of carbonyl (C=O) groups excluding carboxylic acids is 1. The third-order valence-corrected chi connectivity index (χ3v) is 4.22. The van der Waals surface area contributed by atoms with Gasteiger partial charge in [0.25, 0.3) is 0 Å². The molecule has 1 aliphatic rings. The van der Waals surface area contributed by atoms with E-state index in [4.69, 9.17) is 30.5 Å². The van der Waals surface area contributed by atoms with Crippen molar-refractivity contribution in [2.24, 2.45) is 0 Å². The van der Waals surface area contributed by atoms with E-state index in [2.05, 4.69) is 0 Å². The predicted molar refractivity (Wildman–Crippen MR) is 82.9 cm³/mol. The van der Waals surface area contributed by atoms with Crippen molar-refractivity contribution in [3.63, 3.8) is 0 Å². The molecule has 0 fully saturated rings. The van der Waals surface area contributed by atoms with Gasteiger partial charge in [0.2, 0.25) is 0 Å². The highest BCUT2D eigenvalue weighted by atomic mass is 35.5. The SMILES string of the molecule is CCOC(=O)CC1(CCl)OCCc2ccc(OC)c(OC)c21. The van der Waals surface area contributed by atoms with Gasteiger partial charge < -0.3 is 18.9 Å². The summed E-state index contributed by atoms with van der Waals surface area (Å²) in [6.45, 7) is 2.58. The van der Waals surface area contributed by atoms with Crippen LogP contribution in [0.3, 0.4) is 0 Å².